The highest BCUT2D eigenvalue weighted by Crippen LogP contribution is 2.45. The van der Waals surface area contributed by atoms with E-state index in [0.29, 0.717) is 13.2 Å². The van der Waals surface area contributed by atoms with Gasteiger partial charge in [-0.05, 0) is 25.1 Å². The van der Waals surface area contributed by atoms with Gasteiger partial charge in [0.15, 0.2) is 8.32 Å². The molecule has 0 aromatic carbocycles. The van der Waals surface area contributed by atoms with Crippen LogP contribution in [0.15, 0.2) is 0 Å². The van der Waals surface area contributed by atoms with E-state index in [0.717, 1.165) is 0 Å². The Labute approximate surface area is 111 Å². The molecular formula is C13H26O4Si. The molecule has 2 fully saturated rings. The molecule has 18 heavy (non-hydrogen) atoms. The van der Waals surface area contributed by atoms with E-state index < -0.39 is 20.0 Å². The standard InChI is InChI=1S/C13H26O4Si/c1-9(14)13-8-15-10(7-16-13)11(13)17-18(5,6)12(2,3)4/h9-11,14H,7-8H2,1-6H3/t9?,10-,11+,13+/m0/s1. The van der Waals surface area contributed by atoms with Crippen LogP contribution in [0.2, 0.25) is 18.1 Å². The Morgan fingerprint density at radius 2 is 2.00 bits per heavy atom. The summed E-state index contributed by atoms with van der Waals surface area (Å²) in [6.07, 6.45) is -0.716. The second-order valence-electron chi connectivity index (χ2n) is 7.09. The first-order valence-electron chi connectivity index (χ1n) is 6.72. The maximum absolute atomic E-state index is 10.0. The first-order chi connectivity index (χ1) is 8.10. The minimum atomic E-state index is -1.88. The summed E-state index contributed by atoms with van der Waals surface area (Å²) in [5.74, 6) is 0. The maximum atomic E-state index is 10.0. The summed E-state index contributed by atoms with van der Waals surface area (Å²) < 4.78 is 17.9. The monoisotopic (exact) mass is 274 g/mol. The van der Waals surface area contributed by atoms with Crippen LogP contribution in [-0.2, 0) is 13.9 Å². The Morgan fingerprint density at radius 3 is 2.39 bits per heavy atom. The predicted octanol–water partition coefficient (Wildman–Crippen LogP) is 1.93. The lowest BCUT2D eigenvalue weighted by Gasteiger charge is -2.41. The molecule has 2 bridgehead atoms. The molecule has 0 radical (unpaired) electrons. The van der Waals surface area contributed by atoms with Gasteiger partial charge in [-0.2, -0.15) is 0 Å². The van der Waals surface area contributed by atoms with Crippen molar-refractivity contribution in [2.24, 2.45) is 0 Å². The van der Waals surface area contributed by atoms with Crippen molar-refractivity contribution in [1.82, 2.24) is 0 Å². The van der Waals surface area contributed by atoms with Crippen LogP contribution in [0.1, 0.15) is 27.7 Å². The minimum Gasteiger partial charge on any atom is -0.408 e. The maximum Gasteiger partial charge on any atom is 0.192 e. The summed E-state index contributed by atoms with van der Waals surface area (Å²) in [7, 11) is -1.88. The van der Waals surface area contributed by atoms with Crippen LogP contribution in [0.3, 0.4) is 0 Å². The molecule has 2 heterocycles. The topological polar surface area (TPSA) is 47.9 Å². The molecule has 2 aliphatic heterocycles. The number of aliphatic hydroxyl groups is 1. The van der Waals surface area contributed by atoms with Crippen LogP contribution in [0.5, 0.6) is 0 Å². The van der Waals surface area contributed by atoms with Crippen molar-refractivity contribution in [3.63, 3.8) is 0 Å². The number of hydrogen-bond donors (Lipinski definition) is 1. The van der Waals surface area contributed by atoms with E-state index in [9.17, 15) is 5.11 Å². The van der Waals surface area contributed by atoms with E-state index in [2.05, 4.69) is 33.9 Å². The van der Waals surface area contributed by atoms with Crippen molar-refractivity contribution in [3.05, 3.63) is 0 Å². The van der Waals surface area contributed by atoms with Crippen LogP contribution >= 0.6 is 0 Å². The van der Waals surface area contributed by atoms with E-state index in [4.69, 9.17) is 13.9 Å². The molecule has 2 aliphatic rings. The van der Waals surface area contributed by atoms with Crippen molar-refractivity contribution in [1.29, 1.82) is 0 Å². The fourth-order valence-electron chi connectivity index (χ4n) is 2.37. The van der Waals surface area contributed by atoms with Crippen molar-refractivity contribution >= 4 is 8.32 Å². The molecule has 4 nitrogen and oxygen atoms in total. The molecule has 0 spiro atoms. The van der Waals surface area contributed by atoms with E-state index in [1.54, 1.807) is 6.92 Å². The molecule has 4 atom stereocenters. The highest BCUT2D eigenvalue weighted by atomic mass is 28.4. The van der Waals surface area contributed by atoms with Crippen molar-refractivity contribution in [2.45, 2.75) is 69.7 Å². The van der Waals surface area contributed by atoms with Gasteiger partial charge in [-0.25, -0.2) is 0 Å². The molecule has 106 valence electrons. The lowest BCUT2D eigenvalue weighted by atomic mass is 9.94. The fraction of sp³-hybridized carbons (Fsp3) is 1.00. The van der Waals surface area contributed by atoms with Gasteiger partial charge in [0, 0.05) is 0 Å². The Hall–Kier alpha value is 0.0569. The molecule has 0 aromatic rings. The summed E-state index contributed by atoms with van der Waals surface area (Å²) in [6.45, 7) is 13.8. The lowest BCUT2D eigenvalue weighted by molar-refractivity contribution is -0.150. The summed E-state index contributed by atoms with van der Waals surface area (Å²) in [5, 5.41) is 10.2. The molecule has 0 amide bonds. The predicted molar refractivity (Wildman–Crippen MR) is 72.2 cm³/mol. The first-order valence-corrected chi connectivity index (χ1v) is 9.62. The first kappa shape index (κ1) is 14.5. The number of hydrogen-bond acceptors (Lipinski definition) is 4. The Kier molecular flexibility index (Phi) is 3.44. The number of rotatable bonds is 3. The zero-order chi connectivity index (χ0) is 13.8. The van der Waals surface area contributed by atoms with E-state index in [1.807, 2.05) is 0 Å². The van der Waals surface area contributed by atoms with E-state index in [1.165, 1.54) is 0 Å². The van der Waals surface area contributed by atoms with Gasteiger partial charge in [0.05, 0.1) is 19.3 Å². The summed E-state index contributed by atoms with van der Waals surface area (Å²) in [6, 6.07) is 0. The average Bonchev–Trinajstić information content (AvgIpc) is 2.72. The van der Waals surface area contributed by atoms with Gasteiger partial charge in [0.1, 0.15) is 17.8 Å². The Bertz CT molecular complexity index is 313. The number of fused-ring (bicyclic) bond motifs is 2. The Morgan fingerprint density at radius 1 is 1.39 bits per heavy atom. The zero-order valence-corrected chi connectivity index (χ0v) is 13.3. The van der Waals surface area contributed by atoms with Crippen molar-refractivity contribution in [2.75, 3.05) is 13.2 Å². The van der Waals surface area contributed by atoms with Gasteiger partial charge in [-0.3, -0.25) is 0 Å². The second kappa shape index (κ2) is 4.28. The number of aliphatic hydroxyl groups excluding tert-OH is 1. The van der Waals surface area contributed by atoms with Gasteiger partial charge in [0.25, 0.3) is 0 Å². The Balaban J connectivity index is 2.19. The summed E-state index contributed by atoms with van der Waals surface area (Å²) in [4.78, 5) is 0. The third kappa shape index (κ3) is 2.06. The lowest BCUT2D eigenvalue weighted by Crippen LogP contribution is -2.55. The van der Waals surface area contributed by atoms with Crippen LogP contribution in [-0.4, -0.2) is 50.6 Å². The third-order valence-corrected chi connectivity index (χ3v) is 9.25. The average molecular weight is 274 g/mol. The SMILES string of the molecule is CC(O)[C@@]12CO[C@@H](CO1)[C@H]2O[Si](C)(C)C(C)(C)C. The molecule has 0 aromatic heterocycles. The quantitative estimate of drug-likeness (QED) is 0.799. The molecule has 0 aliphatic carbocycles. The van der Waals surface area contributed by atoms with Crippen LogP contribution in [0.4, 0.5) is 0 Å². The third-order valence-electron chi connectivity index (χ3n) is 4.79. The van der Waals surface area contributed by atoms with Gasteiger partial charge in [0.2, 0.25) is 0 Å². The normalized spacial score (nSPS) is 38.2. The fourth-order valence-corrected chi connectivity index (χ4v) is 3.71. The van der Waals surface area contributed by atoms with E-state index >= 15 is 0 Å². The van der Waals surface area contributed by atoms with Crippen LogP contribution < -0.4 is 0 Å². The molecular weight excluding hydrogens is 248 g/mol. The molecule has 5 heteroatoms. The molecule has 0 saturated carbocycles. The minimum absolute atomic E-state index is 0.0197. The summed E-state index contributed by atoms with van der Waals surface area (Å²) >= 11 is 0. The van der Waals surface area contributed by atoms with Gasteiger partial charge in [-0.1, -0.05) is 20.8 Å². The smallest absolute Gasteiger partial charge is 0.192 e. The van der Waals surface area contributed by atoms with Crippen molar-refractivity contribution in [3.8, 4) is 0 Å². The van der Waals surface area contributed by atoms with Crippen LogP contribution in [0.25, 0.3) is 0 Å². The molecule has 2 saturated heterocycles. The molecule has 1 unspecified atom stereocenters. The van der Waals surface area contributed by atoms with E-state index in [-0.39, 0.29) is 17.2 Å². The highest BCUT2D eigenvalue weighted by Gasteiger charge is 2.62. The molecule has 1 N–H and O–H groups in total. The summed E-state index contributed by atoms with van der Waals surface area (Å²) in [5.41, 5.74) is -0.653. The number of ether oxygens (including phenoxy) is 2. The largest absolute Gasteiger partial charge is 0.408 e. The van der Waals surface area contributed by atoms with Gasteiger partial charge >= 0.3 is 0 Å². The van der Waals surface area contributed by atoms with Gasteiger partial charge < -0.3 is 19.0 Å². The molecule has 2 rings (SSSR count). The second-order valence-corrected chi connectivity index (χ2v) is 11.8. The zero-order valence-electron chi connectivity index (χ0n) is 12.3. The highest BCUT2D eigenvalue weighted by molar-refractivity contribution is 6.74. The van der Waals surface area contributed by atoms with Crippen molar-refractivity contribution < 1.29 is 19.0 Å². The van der Waals surface area contributed by atoms with Gasteiger partial charge in [-0.15, -0.1) is 0 Å². The van der Waals surface area contributed by atoms with Crippen LogP contribution in [0, 0.1) is 0 Å².